The van der Waals surface area contributed by atoms with Gasteiger partial charge in [-0.05, 0) is 36.8 Å². The molecule has 164 valence electrons. The first-order valence-electron chi connectivity index (χ1n) is 9.59. The summed E-state index contributed by atoms with van der Waals surface area (Å²) in [4.78, 5) is 26.5. The molecule has 0 saturated carbocycles. The smallest absolute Gasteiger partial charge is 0.387 e. The monoisotopic (exact) mass is 431 g/mol. The number of carbonyl (C=O) groups excluding carboxylic acids is 2. The van der Waals surface area contributed by atoms with E-state index in [2.05, 4.69) is 9.84 Å². The SMILES string of the molecule is COc1cc(CN(C)C(=O)C2=NN(c3ccccc3)C(C(C)=O)C2)ccc1OC(F)F. The summed E-state index contributed by atoms with van der Waals surface area (Å²) in [7, 11) is 2.95. The van der Waals surface area contributed by atoms with Crippen LogP contribution in [0.3, 0.4) is 0 Å². The number of anilines is 1. The second-order valence-corrected chi connectivity index (χ2v) is 7.08. The maximum atomic E-state index is 13.0. The summed E-state index contributed by atoms with van der Waals surface area (Å²) < 4.78 is 34.5. The second kappa shape index (κ2) is 9.55. The van der Waals surface area contributed by atoms with Crippen LogP contribution < -0.4 is 14.5 Å². The number of carbonyl (C=O) groups is 2. The third kappa shape index (κ3) is 5.17. The molecule has 1 heterocycles. The van der Waals surface area contributed by atoms with Gasteiger partial charge < -0.3 is 14.4 Å². The van der Waals surface area contributed by atoms with E-state index in [1.54, 1.807) is 18.1 Å². The number of hydrogen-bond acceptors (Lipinski definition) is 6. The maximum Gasteiger partial charge on any atom is 0.387 e. The van der Waals surface area contributed by atoms with Gasteiger partial charge in [0, 0.05) is 20.0 Å². The Hall–Kier alpha value is -3.49. The van der Waals surface area contributed by atoms with Gasteiger partial charge in [-0.2, -0.15) is 13.9 Å². The molecule has 7 nitrogen and oxygen atoms in total. The van der Waals surface area contributed by atoms with Crippen LogP contribution in [0.2, 0.25) is 0 Å². The number of alkyl halides is 2. The van der Waals surface area contributed by atoms with Crippen molar-refractivity contribution in [3.05, 3.63) is 54.1 Å². The van der Waals surface area contributed by atoms with E-state index in [0.717, 1.165) is 5.69 Å². The molecule has 0 saturated heterocycles. The van der Waals surface area contributed by atoms with Gasteiger partial charge in [0.05, 0.1) is 12.8 Å². The van der Waals surface area contributed by atoms with Crippen molar-refractivity contribution in [2.45, 2.75) is 32.5 Å². The number of halogens is 2. The molecule has 0 radical (unpaired) electrons. The van der Waals surface area contributed by atoms with Gasteiger partial charge in [-0.15, -0.1) is 0 Å². The Morgan fingerprint density at radius 1 is 1.19 bits per heavy atom. The van der Waals surface area contributed by atoms with Crippen molar-refractivity contribution in [1.82, 2.24) is 4.90 Å². The topological polar surface area (TPSA) is 71.4 Å². The summed E-state index contributed by atoms with van der Waals surface area (Å²) in [5.41, 5.74) is 1.67. The zero-order valence-corrected chi connectivity index (χ0v) is 17.4. The second-order valence-electron chi connectivity index (χ2n) is 7.08. The molecular weight excluding hydrogens is 408 g/mol. The molecule has 0 aliphatic carbocycles. The van der Waals surface area contributed by atoms with Gasteiger partial charge in [-0.25, -0.2) is 0 Å². The molecule has 2 aromatic rings. The molecule has 0 spiro atoms. The van der Waals surface area contributed by atoms with Gasteiger partial charge in [0.1, 0.15) is 11.8 Å². The minimum Gasteiger partial charge on any atom is -0.493 e. The molecule has 1 unspecified atom stereocenters. The zero-order valence-electron chi connectivity index (χ0n) is 17.4. The van der Waals surface area contributed by atoms with Crippen molar-refractivity contribution in [1.29, 1.82) is 0 Å². The molecule has 0 bridgehead atoms. The third-order valence-corrected chi connectivity index (χ3v) is 4.86. The average Bonchev–Trinajstić information content (AvgIpc) is 3.20. The predicted octanol–water partition coefficient (Wildman–Crippen LogP) is 3.48. The van der Waals surface area contributed by atoms with Gasteiger partial charge in [0.25, 0.3) is 5.91 Å². The van der Waals surface area contributed by atoms with Crippen LogP contribution in [0.15, 0.2) is 53.6 Å². The zero-order chi connectivity index (χ0) is 22.5. The van der Waals surface area contributed by atoms with E-state index >= 15 is 0 Å². The van der Waals surface area contributed by atoms with E-state index in [-0.39, 0.29) is 41.9 Å². The molecule has 1 aliphatic heterocycles. The third-order valence-electron chi connectivity index (χ3n) is 4.86. The number of Topliss-reactive ketones (excluding diaryl/α,β-unsaturated/α-hetero) is 1. The first kappa shape index (κ1) is 22.2. The number of rotatable bonds is 8. The molecule has 0 aromatic heterocycles. The van der Waals surface area contributed by atoms with Crippen LogP contribution >= 0.6 is 0 Å². The van der Waals surface area contributed by atoms with Crippen molar-refractivity contribution in [3.63, 3.8) is 0 Å². The predicted molar refractivity (Wildman–Crippen MR) is 112 cm³/mol. The lowest BCUT2D eigenvalue weighted by Gasteiger charge is -2.20. The van der Waals surface area contributed by atoms with Crippen molar-refractivity contribution in [3.8, 4) is 11.5 Å². The number of ether oxygens (including phenoxy) is 2. The summed E-state index contributed by atoms with van der Waals surface area (Å²) in [5.74, 6) is -0.351. The van der Waals surface area contributed by atoms with Crippen LogP contribution in [-0.2, 0) is 16.1 Å². The molecular formula is C22H23F2N3O4. The molecule has 31 heavy (non-hydrogen) atoms. The van der Waals surface area contributed by atoms with Crippen LogP contribution in [0.25, 0.3) is 0 Å². The molecule has 1 aliphatic rings. The largest absolute Gasteiger partial charge is 0.493 e. The fourth-order valence-electron chi connectivity index (χ4n) is 3.34. The van der Waals surface area contributed by atoms with Gasteiger partial charge >= 0.3 is 6.61 Å². The van der Waals surface area contributed by atoms with Crippen LogP contribution in [0.5, 0.6) is 11.5 Å². The van der Waals surface area contributed by atoms with Crippen molar-refractivity contribution in [2.75, 3.05) is 19.2 Å². The number of amides is 1. The van der Waals surface area contributed by atoms with Crippen LogP contribution in [0, 0.1) is 0 Å². The van der Waals surface area contributed by atoms with E-state index in [9.17, 15) is 18.4 Å². The first-order valence-corrected chi connectivity index (χ1v) is 9.59. The summed E-state index contributed by atoms with van der Waals surface area (Å²) in [5, 5.41) is 5.99. The lowest BCUT2D eigenvalue weighted by atomic mass is 10.1. The lowest BCUT2D eigenvalue weighted by Crippen LogP contribution is -2.35. The number of para-hydroxylation sites is 1. The summed E-state index contributed by atoms with van der Waals surface area (Å²) in [6.45, 7) is -1.30. The standard InChI is InChI=1S/C22H23F2N3O4/c1-14(28)18-12-17(25-27(18)16-7-5-4-6-8-16)21(29)26(2)13-15-9-10-19(31-22(23)24)20(11-15)30-3/h4-11,18,22H,12-13H2,1-3H3. The Morgan fingerprint density at radius 3 is 2.52 bits per heavy atom. The summed E-state index contributed by atoms with van der Waals surface area (Å²) in [6, 6.07) is 13.1. The minimum absolute atomic E-state index is 0.0850. The van der Waals surface area contributed by atoms with E-state index in [0.29, 0.717) is 5.56 Å². The number of hydrogen-bond donors (Lipinski definition) is 0. The maximum absolute atomic E-state index is 13.0. The molecule has 1 atom stereocenters. The van der Waals surface area contributed by atoms with E-state index in [1.807, 2.05) is 30.3 Å². The van der Waals surface area contributed by atoms with Crippen molar-refractivity contribution < 1.29 is 27.8 Å². The van der Waals surface area contributed by atoms with Gasteiger partial charge in [0.2, 0.25) is 0 Å². The molecule has 2 aromatic carbocycles. The van der Waals surface area contributed by atoms with Crippen LogP contribution in [0.1, 0.15) is 18.9 Å². The number of nitrogens with zero attached hydrogens (tertiary/aromatic N) is 3. The quantitative estimate of drug-likeness (QED) is 0.640. The van der Waals surface area contributed by atoms with Gasteiger partial charge in [-0.3, -0.25) is 14.6 Å². The number of ketones is 1. The molecule has 0 fully saturated rings. The average molecular weight is 431 g/mol. The Bertz CT molecular complexity index is 982. The lowest BCUT2D eigenvalue weighted by molar-refractivity contribution is -0.123. The fourth-order valence-corrected chi connectivity index (χ4v) is 3.34. The molecule has 0 N–H and O–H groups in total. The Kier molecular flexibility index (Phi) is 6.84. The van der Waals surface area contributed by atoms with Crippen LogP contribution in [0.4, 0.5) is 14.5 Å². The normalized spacial score (nSPS) is 15.6. The van der Waals surface area contributed by atoms with E-state index < -0.39 is 12.7 Å². The first-order chi connectivity index (χ1) is 14.8. The highest BCUT2D eigenvalue weighted by Crippen LogP contribution is 2.30. The Morgan fingerprint density at radius 2 is 1.90 bits per heavy atom. The summed E-state index contributed by atoms with van der Waals surface area (Å²) >= 11 is 0. The van der Waals surface area contributed by atoms with Crippen LogP contribution in [-0.4, -0.2) is 49.1 Å². The highest BCUT2D eigenvalue weighted by molar-refractivity contribution is 6.40. The number of methoxy groups -OCH3 is 1. The summed E-state index contributed by atoms with van der Waals surface area (Å²) in [6.07, 6.45) is 0.206. The molecule has 3 rings (SSSR count). The highest BCUT2D eigenvalue weighted by atomic mass is 19.3. The number of benzene rings is 2. The van der Waals surface area contributed by atoms with Crippen molar-refractivity contribution in [2.24, 2.45) is 5.10 Å². The van der Waals surface area contributed by atoms with Gasteiger partial charge in [-0.1, -0.05) is 24.3 Å². The highest BCUT2D eigenvalue weighted by Gasteiger charge is 2.35. The van der Waals surface area contributed by atoms with Gasteiger partial charge in [0.15, 0.2) is 17.3 Å². The molecule has 9 heteroatoms. The van der Waals surface area contributed by atoms with E-state index in [1.165, 1.54) is 31.1 Å². The fraction of sp³-hybridized carbons (Fsp3) is 0.318. The molecule has 1 amide bonds. The Labute approximate surface area is 178 Å². The van der Waals surface area contributed by atoms with E-state index in [4.69, 9.17) is 4.74 Å². The Balaban J connectivity index is 1.76. The number of hydrazone groups is 1. The van der Waals surface area contributed by atoms with Crippen molar-refractivity contribution >= 4 is 23.1 Å². The minimum atomic E-state index is -2.97.